The van der Waals surface area contributed by atoms with Gasteiger partial charge in [-0.05, 0) is 84.6 Å². The maximum Gasteiger partial charge on any atom is 0.494 e. The van der Waals surface area contributed by atoms with Gasteiger partial charge in [-0.15, -0.1) is 5.10 Å². The number of anilines is 1. The second-order valence-electron chi connectivity index (χ2n) is 11.1. The predicted octanol–water partition coefficient (Wildman–Crippen LogP) is 4.68. The maximum atomic E-state index is 6.30. The van der Waals surface area contributed by atoms with Crippen LogP contribution in [0.5, 0.6) is 5.75 Å². The highest BCUT2D eigenvalue weighted by molar-refractivity contribution is 6.62. The number of aryl methyl sites for hydroxylation is 1. The van der Waals surface area contributed by atoms with Crippen molar-refractivity contribution in [3.05, 3.63) is 42.1 Å². The molecular formula is C27H36BN3O4. The van der Waals surface area contributed by atoms with Gasteiger partial charge in [0, 0.05) is 16.3 Å². The van der Waals surface area contributed by atoms with Crippen molar-refractivity contribution in [2.75, 3.05) is 18.9 Å². The summed E-state index contributed by atoms with van der Waals surface area (Å²) in [5.74, 6) is 1.17. The monoisotopic (exact) mass is 477 g/mol. The number of ether oxygens (including phenoxy) is 2. The lowest BCUT2D eigenvalue weighted by Gasteiger charge is -2.32. The second kappa shape index (κ2) is 9.08. The summed E-state index contributed by atoms with van der Waals surface area (Å²) < 4.78 is 24.6. The molecule has 2 N–H and O–H groups in total. The van der Waals surface area contributed by atoms with E-state index in [1.165, 1.54) is 0 Å². The van der Waals surface area contributed by atoms with Crippen molar-refractivity contribution < 1.29 is 18.8 Å². The second-order valence-corrected chi connectivity index (χ2v) is 11.1. The zero-order chi connectivity index (χ0) is 25.6. The predicted molar refractivity (Wildman–Crippen MR) is 141 cm³/mol. The largest absolute Gasteiger partial charge is 0.494 e. The minimum atomic E-state index is -0.472. The fraction of sp³-hybridized carbons (Fsp3) is 0.481. The van der Waals surface area contributed by atoms with Gasteiger partial charge in [-0.25, -0.2) is 0 Å². The Morgan fingerprint density at radius 3 is 2.26 bits per heavy atom. The lowest BCUT2D eigenvalue weighted by molar-refractivity contribution is -0.0162. The summed E-state index contributed by atoms with van der Waals surface area (Å²) in [6.45, 7) is 17.2. The van der Waals surface area contributed by atoms with E-state index in [2.05, 4.69) is 50.0 Å². The van der Waals surface area contributed by atoms with Gasteiger partial charge in [0.2, 0.25) is 0 Å². The molecule has 4 rings (SSSR count). The number of nitrogens with two attached hydrogens (primary N) is 1. The fourth-order valence-corrected chi connectivity index (χ4v) is 4.00. The van der Waals surface area contributed by atoms with E-state index in [9.17, 15) is 0 Å². The van der Waals surface area contributed by atoms with Crippen LogP contribution in [0.1, 0.15) is 54.2 Å². The summed E-state index contributed by atoms with van der Waals surface area (Å²) in [6, 6.07) is 12.1. The number of nitrogens with zero attached hydrogens (tertiary/aromatic N) is 2. The number of rotatable bonds is 6. The van der Waals surface area contributed by atoms with Crippen LogP contribution in [0, 0.1) is 6.92 Å². The third-order valence-electron chi connectivity index (χ3n) is 6.71. The molecule has 0 saturated carbocycles. The molecule has 3 aromatic rings. The molecule has 7 nitrogen and oxygen atoms in total. The van der Waals surface area contributed by atoms with Crippen molar-refractivity contribution in [3.63, 3.8) is 0 Å². The molecule has 1 aromatic heterocycles. The van der Waals surface area contributed by atoms with Crippen molar-refractivity contribution in [2.24, 2.45) is 0 Å². The summed E-state index contributed by atoms with van der Waals surface area (Å²) in [4.78, 5) is 0. The summed E-state index contributed by atoms with van der Waals surface area (Å²) >= 11 is 0. The SMILES string of the molecule is Cc1nnc(N)c2ccc(-c3cc(B4OC(C)(C)C(C)(C)O4)ccc3OCCOC(C)(C)C)cc12. The Kier molecular flexibility index (Phi) is 6.59. The average molecular weight is 477 g/mol. The standard InChI is InChI=1S/C27H36BN3O4/c1-17-21-15-18(9-11-20(21)24(29)31-30-17)22-16-19(28-34-26(5,6)27(7,8)35-28)10-12-23(22)32-13-14-33-25(2,3)4/h9-12,15-16H,13-14H2,1-8H3,(H2,29,31). The first-order chi connectivity index (χ1) is 16.3. The Morgan fingerprint density at radius 2 is 1.60 bits per heavy atom. The van der Waals surface area contributed by atoms with Crippen LogP contribution in [0.3, 0.4) is 0 Å². The summed E-state index contributed by atoms with van der Waals surface area (Å²) in [6.07, 6.45) is 0. The molecule has 186 valence electrons. The first-order valence-electron chi connectivity index (χ1n) is 12.1. The van der Waals surface area contributed by atoms with Crippen LogP contribution in [0.2, 0.25) is 0 Å². The normalized spacial score (nSPS) is 17.2. The van der Waals surface area contributed by atoms with Crippen molar-refractivity contribution in [1.82, 2.24) is 10.2 Å². The van der Waals surface area contributed by atoms with Crippen LogP contribution in [0.15, 0.2) is 36.4 Å². The van der Waals surface area contributed by atoms with E-state index in [0.29, 0.717) is 19.0 Å². The van der Waals surface area contributed by atoms with E-state index in [1.807, 2.05) is 52.0 Å². The molecular weight excluding hydrogens is 441 g/mol. The zero-order valence-corrected chi connectivity index (χ0v) is 22.1. The summed E-state index contributed by atoms with van der Waals surface area (Å²) in [5.41, 5.74) is 8.68. The zero-order valence-electron chi connectivity index (χ0n) is 22.1. The Bertz CT molecular complexity index is 1220. The highest BCUT2D eigenvalue weighted by Crippen LogP contribution is 2.38. The van der Waals surface area contributed by atoms with E-state index in [1.54, 1.807) is 0 Å². The summed E-state index contributed by atoms with van der Waals surface area (Å²) in [7, 11) is -0.472. The Morgan fingerprint density at radius 1 is 0.914 bits per heavy atom. The Labute approximate surface area is 208 Å². The van der Waals surface area contributed by atoms with Gasteiger partial charge < -0.3 is 24.5 Å². The van der Waals surface area contributed by atoms with Crippen molar-refractivity contribution in [1.29, 1.82) is 0 Å². The van der Waals surface area contributed by atoms with Gasteiger partial charge in [0.1, 0.15) is 12.4 Å². The van der Waals surface area contributed by atoms with Crippen LogP contribution >= 0.6 is 0 Å². The van der Waals surface area contributed by atoms with E-state index >= 15 is 0 Å². The van der Waals surface area contributed by atoms with Gasteiger partial charge >= 0.3 is 7.12 Å². The number of nitrogen functional groups attached to an aromatic ring is 1. The van der Waals surface area contributed by atoms with E-state index < -0.39 is 18.3 Å². The first kappa shape index (κ1) is 25.4. The van der Waals surface area contributed by atoms with Crippen LogP contribution in [-0.4, -0.2) is 47.3 Å². The highest BCUT2D eigenvalue weighted by atomic mass is 16.7. The van der Waals surface area contributed by atoms with Crippen LogP contribution in [0.4, 0.5) is 5.82 Å². The molecule has 2 heterocycles. The van der Waals surface area contributed by atoms with Crippen LogP contribution < -0.4 is 15.9 Å². The molecule has 1 fully saturated rings. The fourth-order valence-electron chi connectivity index (χ4n) is 4.00. The maximum absolute atomic E-state index is 6.30. The molecule has 0 radical (unpaired) electrons. The third kappa shape index (κ3) is 5.30. The number of hydrogen-bond acceptors (Lipinski definition) is 7. The quantitative estimate of drug-likeness (QED) is 0.407. The molecule has 0 amide bonds. The lowest BCUT2D eigenvalue weighted by atomic mass is 9.77. The minimum absolute atomic E-state index is 0.219. The van der Waals surface area contributed by atoms with E-state index in [-0.39, 0.29) is 5.60 Å². The molecule has 1 aliphatic heterocycles. The van der Waals surface area contributed by atoms with Gasteiger partial charge in [-0.1, -0.05) is 18.2 Å². The summed E-state index contributed by atoms with van der Waals surface area (Å²) in [5, 5.41) is 10.1. The number of fused-ring (bicyclic) bond motifs is 1. The smallest absolute Gasteiger partial charge is 0.491 e. The van der Waals surface area contributed by atoms with Crippen molar-refractivity contribution in [2.45, 2.75) is 72.2 Å². The minimum Gasteiger partial charge on any atom is -0.491 e. The van der Waals surface area contributed by atoms with Gasteiger partial charge in [0.25, 0.3) is 0 Å². The molecule has 0 unspecified atom stereocenters. The molecule has 2 aromatic carbocycles. The van der Waals surface area contributed by atoms with Crippen molar-refractivity contribution >= 4 is 29.2 Å². The van der Waals surface area contributed by atoms with Gasteiger partial charge in [0.05, 0.1) is 29.1 Å². The molecule has 1 aliphatic rings. The van der Waals surface area contributed by atoms with E-state index in [0.717, 1.165) is 38.8 Å². The molecule has 35 heavy (non-hydrogen) atoms. The average Bonchev–Trinajstić information content (AvgIpc) is 3.00. The Hall–Kier alpha value is -2.68. The first-order valence-corrected chi connectivity index (χ1v) is 12.1. The molecule has 0 spiro atoms. The van der Waals surface area contributed by atoms with Crippen LogP contribution in [0.25, 0.3) is 21.9 Å². The molecule has 0 aliphatic carbocycles. The molecule has 8 heteroatoms. The van der Waals surface area contributed by atoms with E-state index in [4.69, 9.17) is 24.5 Å². The lowest BCUT2D eigenvalue weighted by Crippen LogP contribution is -2.41. The highest BCUT2D eigenvalue weighted by Gasteiger charge is 2.51. The Balaban J connectivity index is 1.73. The number of aromatic nitrogens is 2. The number of hydrogen-bond donors (Lipinski definition) is 1. The van der Waals surface area contributed by atoms with Gasteiger partial charge in [0.15, 0.2) is 5.82 Å². The topological polar surface area (TPSA) is 88.7 Å². The van der Waals surface area contributed by atoms with Crippen LogP contribution in [-0.2, 0) is 14.0 Å². The van der Waals surface area contributed by atoms with Gasteiger partial charge in [-0.3, -0.25) is 0 Å². The van der Waals surface area contributed by atoms with Crippen molar-refractivity contribution in [3.8, 4) is 16.9 Å². The molecule has 0 bridgehead atoms. The third-order valence-corrected chi connectivity index (χ3v) is 6.71. The number of benzene rings is 2. The molecule has 0 atom stereocenters. The molecule has 1 saturated heterocycles. The van der Waals surface area contributed by atoms with Gasteiger partial charge in [-0.2, -0.15) is 5.10 Å².